The second-order valence-corrected chi connectivity index (χ2v) is 3.44. The molecule has 6 nitrogen and oxygen atoms in total. The topological polar surface area (TPSA) is 63.9 Å². The highest BCUT2D eigenvalue weighted by Gasteiger charge is 2.12. The number of aromatic nitrogens is 4. The summed E-state index contributed by atoms with van der Waals surface area (Å²) in [5.74, 6) is -0.529. The van der Waals surface area contributed by atoms with Crippen LogP contribution in [0.2, 0.25) is 0 Å². The number of carbonyl (C=O) groups is 1. The van der Waals surface area contributed by atoms with E-state index in [1.807, 2.05) is 0 Å². The lowest BCUT2D eigenvalue weighted by Gasteiger charge is -2.16. The van der Waals surface area contributed by atoms with Crippen molar-refractivity contribution in [3.05, 3.63) is 36.4 Å². The maximum absolute atomic E-state index is 12.7. The lowest BCUT2D eigenvalue weighted by atomic mass is 10.3. The van der Waals surface area contributed by atoms with E-state index in [1.54, 1.807) is 7.05 Å². The zero-order valence-corrected chi connectivity index (χ0v) is 9.12. The fraction of sp³-hybridized carbons (Fsp3) is 0.200. The monoisotopic (exact) mass is 235 g/mol. The summed E-state index contributed by atoms with van der Waals surface area (Å²) in [5.41, 5.74) is 0.615. The number of carbonyl (C=O) groups excluding carboxylic acids is 1. The first-order chi connectivity index (χ1) is 8.16. The number of hydrogen-bond donors (Lipinski definition) is 0. The third kappa shape index (κ3) is 2.63. The number of anilines is 1. The molecule has 0 bridgehead atoms. The van der Waals surface area contributed by atoms with Crippen LogP contribution in [-0.4, -0.2) is 33.2 Å². The van der Waals surface area contributed by atoms with E-state index in [2.05, 4.69) is 15.5 Å². The first kappa shape index (κ1) is 11.2. The number of tetrazole rings is 1. The van der Waals surface area contributed by atoms with Gasteiger partial charge in [-0.05, 0) is 34.7 Å². The Morgan fingerprint density at radius 3 is 2.71 bits per heavy atom. The van der Waals surface area contributed by atoms with Crippen LogP contribution in [0, 0.1) is 5.82 Å². The molecule has 1 aromatic heterocycles. The molecule has 1 heterocycles. The normalized spacial score (nSPS) is 10.2. The number of nitrogens with zero attached hydrogens (tertiary/aromatic N) is 5. The van der Waals surface area contributed by atoms with Gasteiger partial charge in [0.15, 0.2) is 0 Å². The van der Waals surface area contributed by atoms with Crippen LogP contribution in [0.25, 0.3) is 0 Å². The van der Waals surface area contributed by atoms with E-state index >= 15 is 0 Å². The minimum atomic E-state index is -0.338. The molecule has 0 unspecified atom stereocenters. The van der Waals surface area contributed by atoms with Crippen molar-refractivity contribution in [3.63, 3.8) is 0 Å². The molecule has 17 heavy (non-hydrogen) atoms. The summed E-state index contributed by atoms with van der Waals surface area (Å²) in [6.07, 6.45) is 1.36. The third-order valence-electron chi connectivity index (χ3n) is 2.28. The highest BCUT2D eigenvalue weighted by molar-refractivity contribution is 5.92. The maximum Gasteiger partial charge on any atom is 0.248 e. The standard InChI is InChI=1S/C10H10FN5O/c1-15(9-4-2-8(11)3-5-9)10(17)6-16-7-12-13-14-16/h2-5,7H,6H2,1H3. The molecule has 0 spiro atoms. The summed E-state index contributed by atoms with van der Waals surface area (Å²) in [5, 5.41) is 10.5. The second-order valence-electron chi connectivity index (χ2n) is 3.44. The highest BCUT2D eigenvalue weighted by atomic mass is 19.1. The number of rotatable bonds is 3. The summed E-state index contributed by atoms with van der Waals surface area (Å²) in [4.78, 5) is 13.2. The van der Waals surface area contributed by atoms with Crippen molar-refractivity contribution < 1.29 is 9.18 Å². The summed E-state index contributed by atoms with van der Waals surface area (Å²) in [6.45, 7) is 0.0425. The maximum atomic E-state index is 12.7. The van der Waals surface area contributed by atoms with Gasteiger partial charge in [-0.15, -0.1) is 5.10 Å². The highest BCUT2D eigenvalue weighted by Crippen LogP contribution is 2.13. The van der Waals surface area contributed by atoms with Crippen LogP contribution in [0.1, 0.15) is 0 Å². The molecule has 0 fully saturated rings. The van der Waals surface area contributed by atoms with Gasteiger partial charge in [-0.3, -0.25) is 4.79 Å². The quantitative estimate of drug-likeness (QED) is 0.776. The van der Waals surface area contributed by atoms with Crippen LogP contribution in [0.15, 0.2) is 30.6 Å². The van der Waals surface area contributed by atoms with E-state index in [4.69, 9.17) is 0 Å². The van der Waals surface area contributed by atoms with Crippen molar-refractivity contribution in [1.82, 2.24) is 20.2 Å². The Labute approximate surface area is 96.7 Å². The Bertz CT molecular complexity index is 496. The summed E-state index contributed by atoms with van der Waals surface area (Å²) < 4.78 is 14.0. The molecule has 0 aliphatic rings. The van der Waals surface area contributed by atoms with Gasteiger partial charge < -0.3 is 4.90 Å². The molecule has 0 aliphatic carbocycles. The van der Waals surface area contributed by atoms with Gasteiger partial charge in [-0.2, -0.15) is 0 Å². The van der Waals surface area contributed by atoms with Crippen LogP contribution in [0.5, 0.6) is 0 Å². The summed E-state index contributed by atoms with van der Waals surface area (Å²) in [7, 11) is 1.61. The van der Waals surface area contributed by atoms with Gasteiger partial charge in [-0.1, -0.05) is 0 Å². The van der Waals surface area contributed by atoms with Crippen molar-refractivity contribution >= 4 is 11.6 Å². The lowest BCUT2D eigenvalue weighted by Crippen LogP contribution is -2.30. The SMILES string of the molecule is CN(C(=O)Cn1cnnn1)c1ccc(F)cc1. The summed E-state index contributed by atoms with van der Waals surface area (Å²) in [6, 6.07) is 5.67. The van der Waals surface area contributed by atoms with Crippen molar-refractivity contribution in [2.24, 2.45) is 0 Å². The first-order valence-corrected chi connectivity index (χ1v) is 4.90. The van der Waals surface area contributed by atoms with E-state index < -0.39 is 0 Å². The van der Waals surface area contributed by atoms with E-state index in [1.165, 1.54) is 40.2 Å². The molecule has 1 amide bonds. The van der Waals surface area contributed by atoms with Gasteiger partial charge in [-0.25, -0.2) is 9.07 Å². The Kier molecular flexibility index (Phi) is 3.08. The smallest absolute Gasteiger partial charge is 0.248 e. The lowest BCUT2D eigenvalue weighted by molar-refractivity contribution is -0.119. The van der Waals surface area contributed by atoms with Crippen molar-refractivity contribution in [3.8, 4) is 0 Å². The molecule has 1 aromatic carbocycles. The molecular weight excluding hydrogens is 225 g/mol. The van der Waals surface area contributed by atoms with Crippen LogP contribution in [-0.2, 0) is 11.3 Å². The van der Waals surface area contributed by atoms with Crippen LogP contribution >= 0.6 is 0 Å². The number of benzene rings is 1. The second kappa shape index (κ2) is 4.69. The number of likely N-dealkylation sites (N-methyl/N-ethyl adjacent to an activating group) is 1. The average molecular weight is 235 g/mol. The van der Waals surface area contributed by atoms with Crippen molar-refractivity contribution in [2.75, 3.05) is 11.9 Å². The van der Waals surface area contributed by atoms with E-state index in [9.17, 15) is 9.18 Å². The summed E-state index contributed by atoms with van der Waals surface area (Å²) >= 11 is 0. The molecule has 0 aliphatic heterocycles. The Balaban J connectivity index is 2.07. The molecule has 0 radical (unpaired) electrons. The Morgan fingerprint density at radius 1 is 1.41 bits per heavy atom. The van der Waals surface area contributed by atoms with Crippen LogP contribution < -0.4 is 4.90 Å². The predicted octanol–water partition coefficient (Wildman–Crippen LogP) is 0.475. The van der Waals surface area contributed by atoms with Gasteiger partial charge in [0.05, 0.1) is 0 Å². The van der Waals surface area contributed by atoms with Crippen LogP contribution in [0.4, 0.5) is 10.1 Å². The van der Waals surface area contributed by atoms with Crippen molar-refractivity contribution in [2.45, 2.75) is 6.54 Å². The van der Waals surface area contributed by atoms with E-state index in [0.29, 0.717) is 5.69 Å². The molecule has 2 rings (SSSR count). The van der Waals surface area contributed by atoms with E-state index in [-0.39, 0.29) is 18.3 Å². The van der Waals surface area contributed by atoms with Gasteiger partial charge in [0.2, 0.25) is 5.91 Å². The molecule has 0 atom stereocenters. The van der Waals surface area contributed by atoms with E-state index in [0.717, 1.165) is 0 Å². The van der Waals surface area contributed by atoms with Gasteiger partial charge >= 0.3 is 0 Å². The number of amides is 1. The van der Waals surface area contributed by atoms with Crippen LogP contribution in [0.3, 0.4) is 0 Å². The molecule has 0 N–H and O–H groups in total. The van der Waals surface area contributed by atoms with Gasteiger partial charge in [0, 0.05) is 12.7 Å². The molecule has 2 aromatic rings. The Morgan fingerprint density at radius 2 is 2.12 bits per heavy atom. The fourth-order valence-electron chi connectivity index (χ4n) is 1.31. The minimum Gasteiger partial charge on any atom is -0.314 e. The first-order valence-electron chi connectivity index (χ1n) is 4.90. The molecule has 7 heteroatoms. The van der Waals surface area contributed by atoms with Gasteiger partial charge in [0.25, 0.3) is 0 Å². The number of halogens is 1. The van der Waals surface area contributed by atoms with Gasteiger partial charge in [0.1, 0.15) is 18.7 Å². The predicted molar refractivity (Wildman–Crippen MR) is 57.6 cm³/mol. The minimum absolute atomic E-state index is 0.0425. The molecular formula is C10H10FN5O. The third-order valence-corrected chi connectivity index (χ3v) is 2.28. The average Bonchev–Trinajstić information content (AvgIpc) is 2.82. The zero-order valence-electron chi connectivity index (χ0n) is 9.12. The molecule has 0 saturated carbocycles. The Hall–Kier alpha value is -2.31. The zero-order chi connectivity index (χ0) is 12.3. The molecule has 88 valence electrons. The van der Waals surface area contributed by atoms with Crippen molar-refractivity contribution in [1.29, 1.82) is 0 Å². The number of hydrogen-bond acceptors (Lipinski definition) is 4. The fourth-order valence-corrected chi connectivity index (χ4v) is 1.31. The molecule has 0 saturated heterocycles. The largest absolute Gasteiger partial charge is 0.314 e.